The minimum absolute atomic E-state index is 0.0258. The van der Waals surface area contributed by atoms with Crippen molar-refractivity contribution in [2.45, 2.75) is 18.9 Å². The van der Waals surface area contributed by atoms with Crippen LogP contribution in [0, 0.1) is 5.92 Å². The van der Waals surface area contributed by atoms with Crippen molar-refractivity contribution in [2.24, 2.45) is 5.92 Å². The maximum atomic E-state index is 12.5. The number of carbonyl (C=O) groups excluding carboxylic acids is 1. The van der Waals surface area contributed by atoms with Crippen LogP contribution in [-0.4, -0.2) is 44.9 Å². The second kappa shape index (κ2) is 7.74. The van der Waals surface area contributed by atoms with Gasteiger partial charge in [-0.05, 0) is 18.1 Å². The van der Waals surface area contributed by atoms with Gasteiger partial charge in [-0.2, -0.15) is 0 Å². The Bertz CT molecular complexity index is 724. The van der Waals surface area contributed by atoms with Crippen LogP contribution in [0.25, 0.3) is 0 Å². The largest absolute Gasteiger partial charge is 0.481 e. The molecule has 0 radical (unpaired) electrons. The number of rotatable bonds is 6. The van der Waals surface area contributed by atoms with Gasteiger partial charge in [0.1, 0.15) is 0 Å². The van der Waals surface area contributed by atoms with E-state index in [-0.39, 0.29) is 12.3 Å². The Kier molecular flexibility index (Phi) is 5.23. The first-order valence-electron chi connectivity index (χ1n) is 8.25. The zero-order valence-electron chi connectivity index (χ0n) is 13.7. The highest BCUT2D eigenvalue weighted by atomic mass is 16.4. The summed E-state index contributed by atoms with van der Waals surface area (Å²) in [5.41, 5.74) is 0.846. The van der Waals surface area contributed by atoms with Gasteiger partial charge >= 0.3 is 5.97 Å². The Morgan fingerprint density at radius 2 is 1.92 bits per heavy atom. The highest BCUT2D eigenvalue weighted by molar-refractivity contribution is 5.81. The maximum absolute atomic E-state index is 12.5. The molecular formula is C18H20N4O3. The molecule has 130 valence electrons. The predicted molar refractivity (Wildman–Crippen MR) is 91.8 cm³/mol. The van der Waals surface area contributed by atoms with E-state index in [4.69, 9.17) is 0 Å². The Morgan fingerprint density at radius 3 is 2.60 bits per heavy atom. The lowest BCUT2D eigenvalue weighted by atomic mass is 9.84. The van der Waals surface area contributed by atoms with Crippen LogP contribution in [0.15, 0.2) is 48.8 Å². The van der Waals surface area contributed by atoms with E-state index in [0.29, 0.717) is 25.5 Å². The Balaban J connectivity index is 1.77. The number of aromatic nitrogens is 2. The van der Waals surface area contributed by atoms with Gasteiger partial charge in [0.05, 0.1) is 12.0 Å². The predicted octanol–water partition coefficient (Wildman–Crippen LogP) is 1.95. The lowest BCUT2D eigenvalue weighted by Crippen LogP contribution is -2.47. The molecule has 25 heavy (non-hydrogen) atoms. The number of benzene rings is 1. The third-order valence-corrected chi connectivity index (χ3v) is 4.37. The molecule has 7 nitrogen and oxygen atoms in total. The van der Waals surface area contributed by atoms with E-state index < -0.39 is 17.9 Å². The first-order valence-corrected chi connectivity index (χ1v) is 8.25. The molecule has 0 saturated carbocycles. The lowest BCUT2D eigenvalue weighted by molar-refractivity contribution is -0.151. The molecule has 0 aliphatic carbocycles. The van der Waals surface area contributed by atoms with Crippen molar-refractivity contribution in [1.29, 1.82) is 0 Å². The van der Waals surface area contributed by atoms with E-state index in [9.17, 15) is 14.7 Å². The summed E-state index contributed by atoms with van der Waals surface area (Å²) in [7, 11) is 0. The summed E-state index contributed by atoms with van der Waals surface area (Å²) in [4.78, 5) is 34.0. The van der Waals surface area contributed by atoms with Crippen molar-refractivity contribution in [3.63, 3.8) is 0 Å². The number of aliphatic carboxylic acids is 1. The zero-order valence-corrected chi connectivity index (χ0v) is 13.7. The molecule has 2 atom stereocenters. The van der Waals surface area contributed by atoms with Gasteiger partial charge in [-0.15, -0.1) is 0 Å². The summed E-state index contributed by atoms with van der Waals surface area (Å²) in [6.07, 6.45) is 3.88. The quantitative estimate of drug-likeness (QED) is 0.834. The van der Waals surface area contributed by atoms with Crippen molar-refractivity contribution >= 4 is 17.8 Å². The molecule has 2 N–H and O–H groups in total. The fraction of sp³-hybridized carbons (Fsp3) is 0.333. The third kappa shape index (κ3) is 3.93. The fourth-order valence-corrected chi connectivity index (χ4v) is 3.22. The number of hydrogen-bond acceptors (Lipinski definition) is 5. The molecule has 2 aromatic rings. The summed E-state index contributed by atoms with van der Waals surface area (Å²) in [5, 5.41) is 12.7. The van der Waals surface area contributed by atoms with E-state index >= 15 is 0 Å². The number of carbonyl (C=O) groups is 2. The van der Waals surface area contributed by atoms with Crippen LogP contribution < -0.4 is 5.32 Å². The molecule has 3 rings (SSSR count). The first kappa shape index (κ1) is 16.9. The molecule has 7 heteroatoms. The number of carboxylic acids is 1. The van der Waals surface area contributed by atoms with Crippen LogP contribution in [0.1, 0.15) is 24.4 Å². The Labute approximate surface area is 145 Å². The number of amides is 1. The standard InChI is InChI=1S/C18H20N4O3/c23-15-8-7-14(17(24)25)16(13-5-2-1-3-6-13)22(15)12-11-21-18-19-9-4-10-20-18/h1-6,9-10,14,16H,7-8,11-12H2,(H,24,25)(H,19,20,21). The normalized spacial score (nSPS) is 20.3. The van der Waals surface area contributed by atoms with Crippen molar-refractivity contribution in [3.8, 4) is 0 Å². The van der Waals surface area contributed by atoms with Crippen molar-refractivity contribution in [3.05, 3.63) is 54.4 Å². The van der Waals surface area contributed by atoms with E-state index in [1.165, 1.54) is 0 Å². The van der Waals surface area contributed by atoms with Gasteiger partial charge < -0.3 is 15.3 Å². The van der Waals surface area contributed by atoms with Crippen LogP contribution >= 0.6 is 0 Å². The molecule has 0 bridgehead atoms. The van der Waals surface area contributed by atoms with Crippen LogP contribution in [0.2, 0.25) is 0 Å². The molecule has 1 fully saturated rings. The van der Waals surface area contributed by atoms with Crippen LogP contribution in [0.3, 0.4) is 0 Å². The minimum Gasteiger partial charge on any atom is -0.481 e. The lowest BCUT2D eigenvalue weighted by Gasteiger charge is -2.39. The average molecular weight is 340 g/mol. The molecular weight excluding hydrogens is 320 g/mol. The third-order valence-electron chi connectivity index (χ3n) is 4.37. The van der Waals surface area contributed by atoms with E-state index in [0.717, 1.165) is 5.56 Å². The van der Waals surface area contributed by atoms with E-state index in [2.05, 4.69) is 15.3 Å². The smallest absolute Gasteiger partial charge is 0.308 e. The topological polar surface area (TPSA) is 95.4 Å². The molecule has 1 saturated heterocycles. The number of likely N-dealkylation sites (tertiary alicyclic amines) is 1. The minimum atomic E-state index is -0.870. The van der Waals surface area contributed by atoms with Gasteiger partial charge in [0, 0.05) is 31.9 Å². The molecule has 2 heterocycles. The van der Waals surface area contributed by atoms with Gasteiger partial charge in [0.2, 0.25) is 11.9 Å². The Hall–Kier alpha value is -2.96. The van der Waals surface area contributed by atoms with Crippen LogP contribution in [0.5, 0.6) is 0 Å². The Morgan fingerprint density at radius 1 is 1.20 bits per heavy atom. The number of nitrogens with zero attached hydrogens (tertiary/aromatic N) is 3. The SMILES string of the molecule is O=C(O)C1CCC(=O)N(CCNc2ncccn2)C1c1ccccc1. The van der Waals surface area contributed by atoms with Crippen molar-refractivity contribution < 1.29 is 14.7 Å². The summed E-state index contributed by atoms with van der Waals surface area (Å²) in [6.45, 7) is 0.839. The molecule has 1 amide bonds. The highest BCUT2D eigenvalue weighted by Gasteiger charge is 2.40. The molecule has 2 unspecified atom stereocenters. The first-order chi connectivity index (χ1) is 12.2. The molecule has 1 aliphatic rings. The number of hydrogen-bond donors (Lipinski definition) is 2. The summed E-state index contributed by atoms with van der Waals surface area (Å²) < 4.78 is 0. The van der Waals surface area contributed by atoms with Gasteiger partial charge in [0.25, 0.3) is 0 Å². The van der Waals surface area contributed by atoms with Crippen molar-refractivity contribution in [1.82, 2.24) is 14.9 Å². The average Bonchev–Trinajstić information content (AvgIpc) is 2.64. The molecule has 1 aromatic carbocycles. The summed E-state index contributed by atoms with van der Waals surface area (Å²) in [5.74, 6) is -1.01. The summed E-state index contributed by atoms with van der Waals surface area (Å²) in [6, 6.07) is 10.6. The van der Waals surface area contributed by atoms with Crippen LogP contribution in [0.4, 0.5) is 5.95 Å². The highest BCUT2D eigenvalue weighted by Crippen LogP contribution is 2.36. The van der Waals surface area contributed by atoms with Crippen LogP contribution in [-0.2, 0) is 9.59 Å². The number of carboxylic acid groups (broad SMARTS) is 1. The number of anilines is 1. The second-order valence-electron chi connectivity index (χ2n) is 5.93. The molecule has 1 aromatic heterocycles. The fourth-order valence-electron chi connectivity index (χ4n) is 3.22. The second-order valence-corrected chi connectivity index (χ2v) is 5.93. The maximum Gasteiger partial charge on any atom is 0.308 e. The number of piperidine rings is 1. The molecule has 0 spiro atoms. The number of nitrogens with one attached hydrogen (secondary N) is 1. The van der Waals surface area contributed by atoms with Gasteiger partial charge in [0.15, 0.2) is 0 Å². The van der Waals surface area contributed by atoms with E-state index in [1.54, 1.807) is 23.4 Å². The van der Waals surface area contributed by atoms with Gasteiger partial charge in [-0.25, -0.2) is 9.97 Å². The van der Waals surface area contributed by atoms with E-state index in [1.807, 2.05) is 30.3 Å². The van der Waals surface area contributed by atoms with Crippen molar-refractivity contribution in [2.75, 3.05) is 18.4 Å². The van der Waals surface area contributed by atoms with Gasteiger partial charge in [-0.3, -0.25) is 9.59 Å². The van der Waals surface area contributed by atoms with Gasteiger partial charge in [-0.1, -0.05) is 30.3 Å². The molecule has 1 aliphatic heterocycles. The zero-order chi connectivity index (χ0) is 17.6. The monoisotopic (exact) mass is 340 g/mol. The summed E-state index contributed by atoms with van der Waals surface area (Å²) >= 11 is 0.